The molecule has 2 aromatic carbocycles. The lowest BCUT2D eigenvalue weighted by Crippen LogP contribution is -2.49. The van der Waals surface area contributed by atoms with Crippen molar-refractivity contribution >= 4 is 52.1 Å². The summed E-state index contributed by atoms with van der Waals surface area (Å²) in [6.45, 7) is 2.29. The zero-order valence-corrected chi connectivity index (χ0v) is 18.2. The molecule has 3 aliphatic heterocycles. The van der Waals surface area contributed by atoms with Crippen LogP contribution in [-0.4, -0.2) is 35.2 Å². The number of imide groups is 1. The minimum absolute atomic E-state index is 0.242. The molecule has 4 atom stereocenters. The summed E-state index contributed by atoms with van der Waals surface area (Å²) in [6, 6.07) is 14.6. The molecule has 2 N–H and O–H groups in total. The van der Waals surface area contributed by atoms with E-state index in [9.17, 15) is 9.59 Å². The molecule has 0 saturated carbocycles. The Hall–Kier alpha value is -2.74. The summed E-state index contributed by atoms with van der Waals surface area (Å²) < 4.78 is 6.14. The number of thiocarbonyl (C=S) groups is 1. The number of amides is 2. The van der Waals surface area contributed by atoms with Crippen molar-refractivity contribution in [3.63, 3.8) is 0 Å². The van der Waals surface area contributed by atoms with E-state index in [1.54, 1.807) is 24.3 Å². The largest absolute Gasteiger partial charge is 0.360 e. The van der Waals surface area contributed by atoms with Gasteiger partial charge in [-0.3, -0.25) is 9.59 Å². The first-order chi connectivity index (χ1) is 14.9. The number of rotatable bonds is 4. The number of carbonyl (C=O) groups excluding carboxylic acids is 2. The van der Waals surface area contributed by atoms with Crippen LogP contribution in [-0.2, 0) is 14.3 Å². The van der Waals surface area contributed by atoms with Crippen LogP contribution >= 0.6 is 23.8 Å². The van der Waals surface area contributed by atoms with Gasteiger partial charge in [0.25, 0.3) is 0 Å². The van der Waals surface area contributed by atoms with Gasteiger partial charge in [-0.25, -0.2) is 4.90 Å². The predicted octanol–water partition coefficient (Wildman–Crippen LogP) is 3.45. The lowest BCUT2D eigenvalue weighted by molar-refractivity contribution is -0.126. The molecule has 0 aliphatic carbocycles. The van der Waals surface area contributed by atoms with Gasteiger partial charge in [-0.05, 0) is 61.1 Å². The lowest BCUT2D eigenvalue weighted by atomic mass is 9.77. The average molecular weight is 454 g/mol. The van der Waals surface area contributed by atoms with E-state index in [0.717, 1.165) is 11.3 Å². The van der Waals surface area contributed by atoms with Gasteiger partial charge in [-0.1, -0.05) is 35.9 Å². The van der Waals surface area contributed by atoms with Crippen LogP contribution in [0.15, 0.2) is 60.7 Å². The molecule has 158 valence electrons. The Morgan fingerprint density at radius 2 is 1.97 bits per heavy atom. The van der Waals surface area contributed by atoms with Crippen molar-refractivity contribution < 1.29 is 14.3 Å². The number of hydrogen-bond donors (Lipinski definition) is 2. The third kappa shape index (κ3) is 3.33. The quantitative estimate of drug-likeness (QED) is 0.420. The molecular formula is C23H20ClN3O3S. The van der Waals surface area contributed by atoms with Crippen LogP contribution in [0.2, 0.25) is 5.02 Å². The molecule has 8 heteroatoms. The van der Waals surface area contributed by atoms with Crippen molar-refractivity contribution in [2.75, 3.05) is 16.8 Å². The Labute approximate surface area is 190 Å². The van der Waals surface area contributed by atoms with E-state index >= 15 is 0 Å². The lowest BCUT2D eigenvalue weighted by Gasteiger charge is -2.29. The SMILES string of the molecule is Cc1cccc(NC(=S)NC[C@@]23C=C[C@@H](O2)[C@@H]2C(=O)N(c4ccc(Cl)cc4)C(=O)[C@@H]23)c1. The number of aryl methyl sites for hydroxylation is 1. The molecule has 31 heavy (non-hydrogen) atoms. The molecule has 3 aliphatic rings. The van der Waals surface area contributed by atoms with Crippen LogP contribution in [0.3, 0.4) is 0 Å². The third-order valence-electron chi connectivity index (χ3n) is 6.04. The summed E-state index contributed by atoms with van der Waals surface area (Å²) in [7, 11) is 0. The molecule has 3 heterocycles. The van der Waals surface area contributed by atoms with Gasteiger partial charge in [0.15, 0.2) is 5.11 Å². The van der Waals surface area contributed by atoms with E-state index in [2.05, 4.69) is 10.6 Å². The molecule has 2 bridgehead atoms. The number of ether oxygens (including phenoxy) is 1. The summed E-state index contributed by atoms with van der Waals surface area (Å²) in [5, 5.41) is 7.28. The van der Waals surface area contributed by atoms with Gasteiger partial charge in [0.2, 0.25) is 11.8 Å². The minimum Gasteiger partial charge on any atom is -0.360 e. The molecule has 0 spiro atoms. The van der Waals surface area contributed by atoms with E-state index < -0.39 is 23.5 Å². The van der Waals surface area contributed by atoms with Crippen LogP contribution < -0.4 is 15.5 Å². The molecule has 6 nitrogen and oxygen atoms in total. The van der Waals surface area contributed by atoms with Gasteiger partial charge in [0, 0.05) is 10.7 Å². The number of hydrogen-bond acceptors (Lipinski definition) is 4. The van der Waals surface area contributed by atoms with Gasteiger partial charge in [-0.15, -0.1) is 0 Å². The van der Waals surface area contributed by atoms with Crippen molar-refractivity contribution in [3.05, 3.63) is 71.3 Å². The first-order valence-corrected chi connectivity index (χ1v) is 10.8. The van der Waals surface area contributed by atoms with Crippen molar-refractivity contribution in [1.29, 1.82) is 0 Å². The van der Waals surface area contributed by atoms with Gasteiger partial charge in [0.1, 0.15) is 5.60 Å². The van der Waals surface area contributed by atoms with Crippen LogP contribution in [0, 0.1) is 18.8 Å². The fraction of sp³-hybridized carbons (Fsp3) is 0.261. The Balaban J connectivity index is 1.34. The molecule has 2 saturated heterocycles. The summed E-state index contributed by atoms with van der Waals surface area (Å²) >= 11 is 11.4. The highest BCUT2D eigenvalue weighted by molar-refractivity contribution is 7.80. The van der Waals surface area contributed by atoms with Gasteiger partial charge < -0.3 is 15.4 Å². The molecule has 0 unspecified atom stereocenters. The second-order valence-corrected chi connectivity index (χ2v) is 8.91. The highest BCUT2D eigenvalue weighted by Crippen LogP contribution is 2.52. The Bertz CT molecular complexity index is 1120. The van der Waals surface area contributed by atoms with E-state index in [-0.39, 0.29) is 18.4 Å². The van der Waals surface area contributed by atoms with E-state index in [4.69, 9.17) is 28.6 Å². The van der Waals surface area contributed by atoms with E-state index in [0.29, 0.717) is 15.8 Å². The first-order valence-electron chi connectivity index (χ1n) is 10.00. The summed E-state index contributed by atoms with van der Waals surface area (Å²) in [4.78, 5) is 27.7. The number of benzene rings is 2. The molecule has 2 fully saturated rings. The van der Waals surface area contributed by atoms with Gasteiger partial charge in [0.05, 0.1) is 30.2 Å². The van der Waals surface area contributed by atoms with Crippen molar-refractivity contribution in [3.8, 4) is 0 Å². The standard InChI is InChI=1S/C23H20ClN3O3S/c1-13-3-2-4-15(11-13)26-22(31)25-12-23-10-9-17(30-23)18-19(23)21(29)27(20(18)28)16-7-5-14(24)6-8-16/h2-11,17-19H,12H2,1H3,(H2,25,26,31)/t17-,18+,19-,23-/m1/s1. The number of nitrogens with zero attached hydrogens (tertiary/aromatic N) is 1. The van der Waals surface area contributed by atoms with Gasteiger partial charge in [-0.2, -0.15) is 0 Å². The summed E-state index contributed by atoms with van der Waals surface area (Å²) in [5.41, 5.74) is 1.60. The van der Waals surface area contributed by atoms with E-state index in [1.807, 2.05) is 43.3 Å². The summed E-state index contributed by atoms with van der Waals surface area (Å²) in [5.74, 6) is -1.63. The molecule has 0 radical (unpaired) electrons. The van der Waals surface area contributed by atoms with E-state index in [1.165, 1.54) is 4.90 Å². The van der Waals surface area contributed by atoms with Crippen molar-refractivity contribution in [1.82, 2.24) is 5.32 Å². The molecule has 2 amide bonds. The van der Waals surface area contributed by atoms with Crippen molar-refractivity contribution in [2.45, 2.75) is 18.6 Å². The Morgan fingerprint density at radius 1 is 1.19 bits per heavy atom. The average Bonchev–Trinajstić information content (AvgIpc) is 3.38. The molecular weight excluding hydrogens is 434 g/mol. The van der Waals surface area contributed by atoms with Crippen LogP contribution in [0.1, 0.15) is 5.56 Å². The summed E-state index contributed by atoms with van der Waals surface area (Å²) in [6.07, 6.45) is 3.34. The first kappa shape index (κ1) is 20.2. The maximum atomic E-state index is 13.3. The smallest absolute Gasteiger partial charge is 0.241 e. The monoisotopic (exact) mass is 453 g/mol. The second kappa shape index (κ2) is 7.44. The fourth-order valence-electron chi connectivity index (χ4n) is 4.67. The third-order valence-corrected chi connectivity index (χ3v) is 6.54. The highest BCUT2D eigenvalue weighted by atomic mass is 35.5. The zero-order chi connectivity index (χ0) is 21.8. The van der Waals surface area contributed by atoms with Crippen LogP contribution in [0.25, 0.3) is 0 Å². The number of nitrogens with one attached hydrogen (secondary N) is 2. The number of halogens is 1. The zero-order valence-electron chi connectivity index (χ0n) is 16.7. The second-order valence-electron chi connectivity index (χ2n) is 8.07. The van der Waals surface area contributed by atoms with Crippen LogP contribution in [0.4, 0.5) is 11.4 Å². The number of anilines is 2. The molecule has 5 rings (SSSR count). The maximum Gasteiger partial charge on any atom is 0.241 e. The fourth-order valence-corrected chi connectivity index (χ4v) is 4.98. The molecule has 2 aromatic rings. The Morgan fingerprint density at radius 3 is 2.71 bits per heavy atom. The van der Waals surface area contributed by atoms with Crippen molar-refractivity contribution in [2.24, 2.45) is 11.8 Å². The minimum atomic E-state index is -0.915. The normalized spacial score (nSPS) is 28.2. The molecule has 0 aromatic heterocycles. The van der Waals surface area contributed by atoms with Gasteiger partial charge >= 0.3 is 0 Å². The maximum absolute atomic E-state index is 13.3. The van der Waals surface area contributed by atoms with Crippen LogP contribution in [0.5, 0.6) is 0 Å². The predicted molar refractivity (Wildman–Crippen MR) is 123 cm³/mol. The number of carbonyl (C=O) groups is 2. The highest BCUT2D eigenvalue weighted by Gasteiger charge is 2.67. The number of fused-ring (bicyclic) bond motifs is 5. The topological polar surface area (TPSA) is 70.7 Å². The Kier molecular flexibility index (Phi) is 4.84.